The molecule has 0 saturated heterocycles. The first-order valence-electron chi connectivity index (χ1n) is 6.01. The van der Waals surface area contributed by atoms with Gasteiger partial charge < -0.3 is 9.84 Å². The summed E-state index contributed by atoms with van der Waals surface area (Å²) in [6, 6.07) is 6.21. The molecule has 0 bridgehead atoms. The van der Waals surface area contributed by atoms with Crippen molar-refractivity contribution in [3.05, 3.63) is 36.9 Å². The molecule has 1 aromatic rings. The highest BCUT2D eigenvalue weighted by molar-refractivity contribution is 7.89. The molecule has 0 fully saturated rings. The predicted octanol–water partition coefficient (Wildman–Crippen LogP) is 1.25. The molecule has 0 saturated carbocycles. The number of sulfonamides is 1. The lowest BCUT2D eigenvalue weighted by molar-refractivity contribution is 0.260. The van der Waals surface area contributed by atoms with Gasteiger partial charge in [-0.1, -0.05) is 6.08 Å². The Bertz CT molecular complexity index is 496. The van der Waals surface area contributed by atoms with Crippen molar-refractivity contribution in [2.24, 2.45) is 0 Å². The summed E-state index contributed by atoms with van der Waals surface area (Å²) in [6.45, 7) is 5.88. The number of hydrogen-bond donors (Lipinski definition) is 1. The third-order valence-electron chi connectivity index (χ3n) is 2.45. The number of benzene rings is 1. The summed E-state index contributed by atoms with van der Waals surface area (Å²) in [5, 5.41) is 8.93. The molecule has 1 N–H and O–H groups in total. The fraction of sp³-hybridized carbons (Fsp3) is 0.385. The van der Waals surface area contributed by atoms with E-state index >= 15 is 0 Å². The Balaban J connectivity index is 3.00. The third kappa shape index (κ3) is 4.05. The number of nitrogens with zero attached hydrogens (tertiary/aromatic N) is 1. The van der Waals surface area contributed by atoms with Crippen LogP contribution in [0.3, 0.4) is 0 Å². The summed E-state index contributed by atoms with van der Waals surface area (Å²) in [5.41, 5.74) is 0. The first kappa shape index (κ1) is 15.7. The van der Waals surface area contributed by atoms with Crippen molar-refractivity contribution in [1.29, 1.82) is 0 Å². The van der Waals surface area contributed by atoms with Gasteiger partial charge in [-0.25, -0.2) is 8.42 Å². The van der Waals surface area contributed by atoms with E-state index in [4.69, 9.17) is 9.84 Å². The zero-order chi connectivity index (χ0) is 14.3. The predicted molar refractivity (Wildman–Crippen MR) is 73.7 cm³/mol. The number of rotatable bonds is 8. The molecule has 0 unspecified atom stereocenters. The normalized spacial score (nSPS) is 11.5. The minimum atomic E-state index is -3.61. The summed E-state index contributed by atoms with van der Waals surface area (Å²) in [5.74, 6) is 0.624. The number of ether oxygens (including phenoxy) is 1. The van der Waals surface area contributed by atoms with Gasteiger partial charge >= 0.3 is 0 Å². The molecule has 0 aliphatic heterocycles. The monoisotopic (exact) mass is 285 g/mol. The van der Waals surface area contributed by atoms with Gasteiger partial charge in [-0.2, -0.15) is 4.31 Å². The van der Waals surface area contributed by atoms with Crippen LogP contribution < -0.4 is 4.74 Å². The minimum absolute atomic E-state index is 0.0432. The molecule has 0 aromatic heterocycles. The van der Waals surface area contributed by atoms with Crippen LogP contribution in [-0.2, 0) is 10.0 Å². The topological polar surface area (TPSA) is 66.8 Å². The van der Waals surface area contributed by atoms with E-state index in [1.807, 2.05) is 6.92 Å². The maximum absolute atomic E-state index is 12.3. The van der Waals surface area contributed by atoms with Crippen LogP contribution in [0.4, 0.5) is 0 Å². The van der Waals surface area contributed by atoms with Crippen LogP contribution in [0.15, 0.2) is 41.8 Å². The molecule has 0 aliphatic carbocycles. The molecule has 19 heavy (non-hydrogen) atoms. The lowest BCUT2D eigenvalue weighted by atomic mass is 10.3. The third-order valence-corrected chi connectivity index (χ3v) is 4.33. The van der Waals surface area contributed by atoms with Gasteiger partial charge in [0.25, 0.3) is 0 Å². The molecule has 5 nitrogen and oxygen atoms in total. The smallest absolute Gasteiger partial charge is 0.243 e. The maximum Gasteiger partial charge on any atom is 0.243 e. The number of hydrogen-bond acceptors (Lipinski definition) is 4. The molecule has 0 heterocycles. The molecule has 0 amide bonds. The van der Waals surface area contributed by atoms with Gasteiger partial charge in [0.15, 0.2) is 0 Å². The zero-order valence-electron chi connectivity index (χ0n) is 10.9. The molecule has 0 spiro atoms. The zero-order valence-corrected chi connectivity index (χ0v) is 11.8. The van der Waals surface area contributed by atoms with E-state index in [2.05, 4.69) is 6.58 Å². The molecular weight excluding hydrogens is 266 g/mol. The maximum atomic E-state index is 12.3. The Hall–Kier alpha value is -1.37. The second-order valence-corrected chi connectivity index (χ2v) is 5.72. The van der Waals surface area contributed by atoms with Gasteiger partial charge in [0.2, 0.25) is 10.0 Å². The molecule has 1 rings (SSSR count). The fourth-order valence-electron chi connectivity index (χ4n) is 1.59. The van der Waals surface area contributed by atoms with E-state index in [0.717, 1.165) is 0 Å². The van der Waals surface area contributed by atoms with Crippen molar-refractivity contribution < 1.29 is 18.3 Å². The van der Waals surface area contributed by atoms with E-state index < -0.39 is 10.0 Å². The van der Waals surface area contributed by atoms with Crippen molar-refractivity contribution >= 4 is 10.0 Å². The summed E-state index contributed by atoms with van der Waals surface area (Å²) in [7, 11) is -3.61. The summed E-state index contributed by atoms with van der Waals surface area (Å²) in [6.07, 6.45) is 1.49. The van der Waals surface area contributed by atoms with Crippen LogP contribution in [0.25, 0.3) is 0 Å². The molecule has 0 aliphatic rings. The van der Waals surface area contributed by atoms with Gasteiger partial charge in [0, 0.05) is 13.1 Å². The van der Waals surface area contributed by atoms with Crippen LogP contribution in [0, 0.1) is 0 Å². The van der Waals surface area contributed by atoms with E-state index in [-0.39, 0.29) is 24.6 Å². The van der Waals surface area contributed by atoms with E-state index in [9.17, 15) is 8.42 Å². The SMILES string of the molecule is C=CCN(CCO)S(=O)(=O)c1ccc(OCC)cc1. The van der Waals surface area contributed by atoms with Crippen molar-refractivity contribution in [2.45, 2.75) is 11.8 Å². The van der Waals surface area contributed by atoms with E-state index in [0.29, 0.717) is 12.4 Å². The summed E-state index contributed by atoms with van der Waals surface area (Å²) >= 11 is 0. The first-order chi connectivity index (χ1) is 9.06. The van der Waals surface area contributed by atoms with Crippen molar-refractivity contribution in [2.75, 3.05) is 26.3 Å². The van der Waals surface area contributed by atoms with Crippen molar-refractivity contribution in [1.82, 2.24) is 4.31 Å². The lowest BCUT2D eigenvalue weighted by Gasteiger charge is -2.19. The molecule has 106 valence electrons. The quantitative estimate of drug-likeness (QED) is 0.730. The van der Waals surface area contributed by atoms with Gasteiger partial charge in [0.1, 0.15) is 5.75 Å². The molecule has 1 aromatic carbocycles. The van der Waals surface area contributed by atoms with Crippen LogP contribution in [0.5, 0.6) is 5.75 Å². The summed E-state index contributed by atoms with van der Waals surface area (Å²) < 4.78 is 31.1. The Morgan fingerprint density at radius 1 is 1.37 bits per heavy atom. The molecule has 0 radical (unpaired) electrons. The standard InChI is InChI=1S/C13H19NO4S/c1-3-9-14(10-11-15)19(16,17)13-7-5-12(6-8-13)18-4-2/h3,5-8,15H,1,4,9-11H2,2H3. The van der Waals surface area contributed by atoms with Crippen LogP contribution in [0.1, 0.15) is 6.92 Å². The average molecular weight is 285 g/mol. The average Bonchev–Trinajstić information content (AvgIpc) is 2.39. The summed E-state index contributed by atoms with van der Waals surface area (Å²) in [4.78, 5) is 0.172. The fourth-order valence-corrected chi connectivity index (χ4v) is 2.99. The minimum Gasteiger partial charge on any atom is -0.494 e. The van der Waals surface area contributed by atoms with E-state index in [1.54, 1.807) is 12.1 Å². The highest BCUT2D eigenvalue weighted by atomic mass is 32.2. The Morgan fingerprint density at radius 2 is 2.00 bits per heavy atom. The largest absolute Gasteiger partial charge is 0.494 e. The van der Waals surface area contributed by atoms with Crippen molar-refractivity contribution in [3.8, 4) is 5.75 Å². The van der Waals surface area contributed by atoms with Gasteiger partial charge in [0.05, 0.1) is 18.1 Å². The van der Waals surface area contributed by atoms with Gasteiger partial charge in [-0.15, -0.1) is 6.58 Å². The highest BCUT2D eigenvalue weighted by Crippen LogP contribution is 2.19. The Kier molecular flexibility index (Phi) is 6.01. The Morgan fingerprint density at radius 3 is 2.47 bits per heavy atom. The van der Waals surface area contributed by atoms with Crippen LogP contribution in [-0.4, -0.2) is 44.1 Å². The second kappa shape index (κ2) is 7.28. The molecule has 6 heteroatoms. The van der Waals surface area contributed by atoms with Crippen LogP contribution in [0.2, 0.25) is 0 Å². The molecule has 0 atom stereocenters. The van der Waals surface area contributed by atoms with E-state index in [1.165, 1.54) is 22.5 Å². The molecular formula is C13H19NO4S. The number of aliphatic hydroxyl groups is 1. The lowest BCUT2D eigenvalue weighted by Crippen LogP contribution is -2.33. The second-order valence-electron chi connectivity index (χ2n) is 3.78. The van der Waals surface area contributed by atoms with Gasteiger partial charge in [-0.05, 0) is 31.2 Å². The highest BCUT2D eigenvalue weighted by Gasteiger charge is 2.22. The van der Waals surface area contributed by atoms with Crippen LogP contribution >= 0.6 is 0 Å². The van der Waals surface area contributed by atoms with Crippen molar-refractivity contribution in [3.63, 3.8) is 0 Å². The van der Waals surface area contributed by atoms with Gasteiger partial charge in [-0.3, -0.25) is 0 Å². The number of aliphatic hydroxyl groups excluding tert-OH is 1. The first-order valence-corrected chi connectivity index (χ1v) is 7.45. The Labute approximate surface area is 114 Å².